The second kappa shape index (κ2) is 8.78. The SMILES string of the molecule is CNC(=O)NC(=O)[C@H](C)Sc1nc2ccccc2c(=O)n1-c1cccc(OC)c1. The number of benzene rings is 2. The molecule has 1 heterocycles. The van der Waals surface area contributed by atoms with Crippen LogP contribution >= 0.6 is 11.8 Å². The van der Waals surface area contributed by atoms with Crippen LogP contribution < -0.4 is 20.9 Å². The van der Waals surface area contributed by atoms with E-state index in [1.807, 2.05) is 0 Å². The predicted octanol–water partition coefficient (Wildman–Crippen LogP) is 2.33. The summed E-state index contributed by atoms with van der Waals surface area (Å²) in [6, 6.07) is 13.4. The summed E-state index contributed by atoms with van der Waals surface area (Å²) >= 11 is 1.09. The Hall–Kier alpha value is -3.33. The molecule has 0 unspecified atom stereocenters. The molecule has 29 heavy (non-hydrogen) atoms. The number of fused-ring (bicyclic) bond motifs is 1. The van der Waals surface area contributed by atoms with E-state index in [1.54, 1.807) is 62.6 Å². The van der Waals surface area contributed by atoms with Gasteiger partial charge in [-0.2, -0.15) is 0 Å². The summed E-state index contributed by atoms with van der Waals surface area (Å²) in [6.45, 7) is 1.64. The lowest BCUT2D eigenvalue weighted by Crippen LogP contribution is -2.41. The van der Waals surface area contributed by atoms with E-state index in [-0.39, 0.29) is 5.56 Å². The molecule has 150 valence electrons. The Labute approximate surface area is 171 Å². The van der Waals surface area contributed by atoms with Crippen molar-refractivity contribution in [3.05, 3.63) is 58.9 Å². The quantitative estimate of drug-likeness (QED) is 0.493. The summed E-state index contributed by atoms with van der Waals surface area (Å²) in [5.74, 6) is 0.0952. The smallest absolute Gasteiger partial charge is 0.321 e. The van der Waals surface area contributed by atoms with Crippen molar-refractivity contribution in [2.45, 2.75) is 17.3 Å². The average molecular weight is 412 g/mol. The van der Waals surface area contributed by atoms with Crippen molar-refractivity contribution in [1.29, 1.82) is 0 Å². The number of nitrogens with one attached hydrogen (secondary N) is 2. The lowest BCUT2D eigenvalue weighted by molar-refractivity contribution is -0.119. The second-order valence-corrected chi connectivity index (χ2v) is 7.39. The van der Waals surface area contributed by atoms with Crippen molar-refractivity contribution in [2.75, 3.05) is 14.2 Å². The first-order valence-corrected chi connectivity index (χ1v) is 9.68. The zero-order chi connectivity index (χ0) is 21.0. The van der Waals surface area contributed by atoms with Gasteiger partial charge in [-0.3, -0.25) is 19.5 Å². The van der Waals surface area contributed by atoms with E-state index in [9.17, 15) is 14.4 Å². The van der Waals surface area contributed by atoms with Gasteiger partial charge in [-0.1, -0.05) is 30.0 Å². The largest absolute Gasteiger partial charge is 0.497 e. The molecule has 8 nitrogen and oxygen atoms in total. The standard InChI is InChI=1S/C20H20N4O4S/c1-12(17(25)23-19(27)21-2)29-20-22-16-10-5-4-9-15(16)18(26)24(20)13-7-6-8-14(11-13)28-3/h4-12H,1-3H3,(H2,21,23,25,27)/t12-/m0/s1. The average Bonchev–Trinajstić information content (AvgIpc) is 2.73. The number of ether oxygens (including phenoxy) is 1. The van der Waals surface area contributed by atoms with Crippen molar-refractivity contribution in [3.63, 3.8) is 0 Å². The molecule has 3 rings (SSSR count). The van der Waals surface area contributed by atoms with E-state index in [0.717, 1.165) is 11.8 Å². The summed E-state index contributed by atoms with van der Waals surface area (Å²) in [5.41, 5.74) is 0.831. The number of thioether (sulfide) groups is 1. The van der Waals surface area contributed by atoms with Gasteiger partial charge in [0, 0.05) is 13.1 Å². The molecule has 0 aliphatic heterocycles. The molecule has 0 fully saturated rings. The summed E-state index contributed by atoms with van der Waals surface area (Å²) in [6.07, 6.45) is 0. The minimum absolute atomic E-state index is 0.259. The van der Waals surface area contributed by atoms with E-state index >= 15 is 0 Å². The van der Waals surface area contributed by atoms with E-state index in [1.165, 1.54) is 11.6 Å². The van der Waals surface area contributed by atoms with Crippen molar-refractivity contribution in [2.24, 2.45) is 0 Å². The molecule has 9 heteroatoms. The van der Waals surface area contributed by atoms with E-state index < -0.39 is 17.2 Å². The molecular formula is C20H20N4O4S. The second-order valence-electron chi connectivity index (χ2n) is 6.08. The summed E-state index contributed by atoms with van der Waals surface area (Å²) in [5, 5.41) is 4.69. The number of nitrogens with zero attached hydrogens (tertiary/aromatic N) is 2. The minimum atomic E-state index is -0.669. The number of carbonyl (C=O) groups is 2. The number of hydrogen-bond acceptors (Lipinski definition) is 6. The van der Waals surface area contributed by atoms with Crippen molar-refractivity contribution in [1.82, 2.24) is 20.2 Å². The molecule has 2 aromatic carbocycles. The lowest BCUT2D eigenvalue weighted by Gasteiger charge is -2.16. The van der Waals surface area contributed by atoms with Gasteiger partial charge in [0.25, 0.3) is 5.56 Å². The van der Waals surface area contributed by atoms with Gasteiger partial charge in [0.05, 0.1) is 29.0 Å². The van der Waals surface area contributed by atoms with Crippen LogP contribution in [0.25, 0.3) is 16.6 Å². The molecule has 0 aliphatic carbocycles. The third-order valence-corrected chi connectivity index (χ3v) is 5.22. The first kappa shape index (κ1) is 20.4. The molecule has 1 aromatic heterocycles. The first-order valence-electron chi connectivity index (χ1n) is 8.80. The van der Waals surface area contributed by atoms with E-state index in [2.05, 4.69) is 15.6 Å². The zero-order valence-corrected chi connectivity index (χ0v) is 16.9. The van der Waals surface area contributed by atoms with Gasteiger partial charge in [-0.25, -0.2) is 9.78 Å². The molecule has 0 spiro atoms. The van der Waals surface area contributed by atoms with Crippen LogP contribution in [0, 0.1) is 0 Å². The Morgan fingerprint density at radius 1 is 1.17 bits per heavy atom. The molecular weight excluding hydrogens is 392 g/mol. The number of amides is 3. The van der Waals surface area contributed by atoms with Gasteiger partial charge in [0.1, 0.15) is 5.75 Å². The van der Waals surface area contributed by atoms with Crippen molar-refractivity contribution >= 4 is 34.6 Å². The number of para-hydroxylation sites is 1. The van der Waals surface area contributed by atoms with Crippen LogP contribution in [0.3, 0.4) is 0 Å². The number of rotatable bonds is 5. The highest BCUT2D eigenvalue weighted by atomic mass is 32.2. The molecule has 1 atom stereocenters. The van der Waals surface area contributed by atoms with Crippen LogP contribution in [-0.2, 0) is 4.79 Å². The Morgan fingerprint density at radius 3 is 2.66 bits per heavy atom. The monoisotopic (exact) mass is 412 g/mol. The fraction of sp³-hybridized carbons (Fsp3) is 0.200. The van der Waals surface area contributed by atoms with E-state index in [4.69, 9.17) is 4.74 Å². The number of hydrogen-bond donors (Lipinski definition) is 2. The maximum absolute atomic E-state index is 13.2. The number of carbonyl (C=O) groups excluding carboxylic acids is 2. The summed E-state index contributed by atoms with van der Waals surface area (Å²) in [4.78, 5) is 41.5. The minimum Gasteiger partial charge on any atom is -0.497 e. The van der Waals surface area contributed by atoms with Gasteiger partial charge >= 0.3 is 6.03 Å². The van der Waals surface area contributed by atoms with Crippen LogP contribution in [-0.4, -0.2) is 40.9 Å². The van der Waals surface area contributed by atoms with Gasteiger partial charge in [-0.05, 0) is 31.2 Å². The molecule has 0 radical (unpaired) electrons. The Balaban J connectivity index is 2.11. The molecule has 2 N–H and O–H groups in total. The highest BCUT2D eigenvalue weighted by Gasteiger charge is 2.21. The molecule has 3 aromatic rings. The van der Waals surface area contributed by atoms with Crippen LogP contribution in [0.15, 0.2) is 58.5 Å². The topological polar surface area (TPSA) is 102 Å². The third kappa shape index (κ3) is 4.40. The van der Waals surface area contributed by atoms with Gasteiger partial charge in [0.15, 0.2) is 5.16 Å². The molecule has 0 bridgehead atoms. The van der Waals surface area contributed by atoms with Crippen LogP contribution in [0.5, 0.6) is 5.75 Å². The van der Waals surface area contributed by atoms with Crippen LogP contribution in [0.4, 0.5) is 4.79 Å². The third-order valence-electron chi connectivity index (χ3n) is 4.17. The van der Waals surface area contributed by atoms with Crippen LogP contribution in [0.2, 0.25) is 0 Å². The molecule has 0 saturated carbocycles. The van der Waals surface area contributed by atoms with Crippen molar-refractivity contribution in [3.8, 4) is 11.4 Å². The maximum Gasteiger partial charge on any atom is 0.321 e. The fourth-order valence-electron chi connectivity index (χ4n) is 2.66. The molecule has 3 amide bonds. The molecule has 0 aliphatic rings. The Morgan fingerprint density at radius 2 is 1.93 bits per heavy atom. The Kier molecular flexibility index (Phi) is 6.18. The molecule has 0 saturated heterocycles. The fourth-order valence-corrected chi connectivity index (χ4v) is 3.58. The number of urea groups is 1. The van der Waals surface area contributed by atoms with Crippen molar-refractivity contribution < 1.29 is 14.3 Å². The predicted molar refractivity (Wildman–Crippen MR) is 112 cm³/mol. The van der Waals surface area contributed by atoms with E-state index in [0.29, 0.717) is 27.5 Å². The highest BCUT2D eigenvalue weighted by Crippen LogP contribution is 2.26. The normalized spacial score (nSPS) is 11.7. The Bertz CT molecular complexity index is 1130. The number of methoxy groups -OCH3 is 1. The summed E-state index contributed by atoms with van der Waals surface area (Å²) in [7, 11) is 2.97. The number of aromatic nitrogens is 2. The first-order chi connectivity index (χ1) is 13.9. The highest BCUT2D eigenvalue weighted by molar-refractivity contribution is 8.00. The summed E-state index contributed by atoms with van der Waals surface area (Å²) < 4.78 is 6.71. The van der Waals surface area contributed by atoms with Crippen LogP contribution in [0.1, 0.15) is 6.92 Å². The zero-order valence-electron chi connectivity index (χ0n) is 16.1. The number of imide groups is 1. The maximum atomic E-state index is 13.2. The lowest BCUT2D eigenvalue weighted by atomic mass is 10.2. The van der Waals surface area contributed by atoms with Gasteiger partial charge in [-0.15, -0.1) is 0 Å². The van der Waals surface area contributed by atoms with Gasteiger partial charge < -0.3 is 10.1 Å². The van der Waals surface area contributed by atoms with Gasteiger partial charge in [0.2, 0.25) is 5.91 Å².